The predicted octanol–water partition coefficient (Wildman–Crippen LogP) is 3.01. The Morgan fingerprint density at radius 1 is 1.00 bits per heavy atom. The summed E-state index contributed by atoms with van der Waals surface area (Å²) in [5, 5.41) is 3.30. The lowest BCUT2D eigenvalue weighted by Crippen LogP contribution is -1.99. The number of benzene rings is 2. The van der Waals surface area contributed by atoms with E-state index in [0.717, 1.165) is 24.4 Å². The van der Waals surface area contributed by atoms with Crippen LogP contribution in [0.4, 0.5) is 4.39 Å². The van der Waals surface area contributed by atoms with Crippen LogP contribution in [0.15, 0.2) is 42.5 Å². The summed E-state index contributed by atoms with van der Waals surface area (Å²) in [6.07, 6.45) is 0. The second kappa shape index (κ2) is 4.78. The van der Waals surface area contributed by atoms with E-state index < -0.39 is 0 Å². The first-order valence-electron chi connectivity index (χ1n) is 6.01. The minimum absolute atomic E-state index is 0.220. The normalized spacial score (nSPS) is 13.4. The van der Waals surface area contributed by atoms with Crippen LogP contribution in [0.1, 0.15) is 16.7 Å². The summed E-state index contributed by atoms with van der Waals surface area (Å²) in [5.41, 5.74) is 3.60. The number of ether oxygens (including phenoxy) is 1. The third-order valence-electron chi connectivity index (χ3n) is 3.13. The van der Waals surface area contributed by atoms with E-state index in [0.29, 0.717) is 6.61 Å². The molecule has 0 fully saturated rings. The Labute approximate surface area is 105 Å². The molecule has 2 aromatic rings. The van der Waals surface area contributed by atoms with E-state index in [-0.39, 0.29) is 5.82 Å². The van der Waals surface area contributed by atoms with E-state index in [9.17, 15) is 4.39 Å². The van der Waals surface area contributed by atoms with Gasteiger partial charge < -0.3 is 10.1 Å². The van der Waals surface area contributed by atoms with Crippen LogP contribution in [0.2, 0.25) is 0 Å². The number of halogens is 1. The Bertz CT molecular complexity index is 551. The zero-order valence-corrected chi connectivity index (χ0v) is 9.95. The van der Waals surface area contributed by atoms with Gasteiger partial charge in [0.05, 0.1) is 0 Å². The first kappa shape index (κ1) is 11.2. The molecule has 0 bridgehead atoms. The lowest BCUT2D eigenvalue weighted by molar-refractivity contribution is 0.306. The summed E-state index contributed by atoms with van der Waals surface area (Å²) in [6.45, 7) is 2.31. The standard InChI is InChI=1S/C15H14FNO/c16-14-4-1-11(2-5-14)10-18-15-6-3-12-8-17-9-13(12)7-15/h1-7,17H,8-10H2. The summed E-state index contributed by atoms with van der Waals surface area (Å²) in [4.78, 5) is 0. The number of fused-ring (bicyclic) bond motifs is 1. The summed E-state index contributed by atoms with van der Waals surface area (Å²) in [7, 11) is 0. The average Bonchev–Trinajstić information content (AvgIpc) is 2.85. The van der Waals surface area contributed by atoms with E-state index in [1.54, 1.807) is 12.1 Å². The lowest BCUT2D eigenvalue weighted by Gasteiger charge is -2.08. The van der Waals surface area contributed by atoms with Gasteiger partial charge in [0.1, 0.15) is 18.2 Å². The number of hydrogen-bond donors (Lipinski definition) is 1. The van der Waals surface area contributed by atoms with Gasteiger partial charge in [0, 0.05) is 13.1 Å². The fourth-order valence-electron chi connectivity index (χ4n) is 2.11. The van der Waals surface area contributed by atoms with Gasteiger partial charge in [-0.1, -0.05) is 18.2 Å². The highest BCUT2D eigenvalue weighted by Crippen LogP contribution is 2.22. The van der Waals surface area contributed by atoms with Crippen molar-refractivity contribution in [1.82, 2.24) is 5.32 Å². The van der Waals surface area contributed by atoms with Gasteiger partial charge in [-0.05, 0) is 41.0 Å². The van der Waals surface area contributed by atoms with Crippen molar-refractivity contribution in [3.05, 3.63) is 65.0 Å². The zero-order chi connectivity index (χ0) is 12.4. The predicted molar refractivity (Wildman–Crippen MR) is 67.7 cm³/mol. The topological polar surface area (TPSA) is 21.3 Å². The molecule has 2 aromatic carbocycles. The molecular weight excluding hydrogens is 229 g/mol. The molecule has 92 valence electrons. The highest BCUT2D eigenvalue weighted by Gasteiger charge is 2.10. The molecule has 0 amide bonds. The van der Waals surface area contributed by atoms with Crippen molar-refractivity contribution in [2.75, 3.05) is 0 Å². The maximum absolute atomic E-state index is 12.8. The quantitative estimate of drug-likeness (QED) is 0.894. The minimum Gasteiger partial charge on any atom is -0.489 e. The number of nitrogens with one attached hydrogen (secondary N) is 1. The molecule has 0 atom stereocenters. The summed E-state index contributed by atoms with van der Waals surface area (Å²) >= 11 is 0. The molecule has 3 heteroatoms. The van der Waals surface area contributed by atoms with Crippen molar-refractivity contribution < 1.29 is 9.13 Å². The van der Waals surface area contributed by atoms with Crippen molar-refractivity contribution in [3.8, 4) is 5.75 Å². The number of rotatable bonds is 3. The van der Waals surface area contributed by atoms with Crippen molar-refractivity contribution in [2.24, 2.45) is 0 Å². The summed E-state index contributed by atoms with van der Waals surface area (Å²) in [5.74, 6) is 0.643. The molecule has 0 saturated heterocycles. The molecule has 3 rings (SSSR count). The molecule has 0 unspecified atom stereocenters. The maximum Gasteiger partial charge on any atom is 0.123 e. The molecule has 0 aliphatic carbocycles. The molecule has 1 aliphatic rings. The van der Waals surface area contributed by atoms with Crippen LogP contribution in [0.25, 0.3) is 0 Å². The Morgan fingerprint density at radius 3 is 2.61 bits per heavy atom. The Balaban J connectivity index is 1.68. The molecule has 0 radical (unpaired) electrons. The van der Waals surface area contributed by atoms with Gasteiger partial charge in [-0.25, -0.2) is 4.39 Å². The van der Waals surface area contributed by atoms with Crippen LogP contribution in [0, 0.1) is 5.82 Å². The summed E-state index contributed by atoms with van der Waals surface area (Å²) < 4.78 is 18.5. The molecular formula is C15H14FNO. The van der Waals surface area contributed by atoms with Crippen LogP contribution in [-0.2, 0) is 19.7 Å². The van der Waals surface area contributed by atoms with Crippen LogP contribution in [0.5, 0.6) is 5.75 Å². The average molecular weight is 243 g/mol. The third-order valence-corrected chi connectivity index (χ3v) is 3.13. The molecule has 1 aliphatic heterocycles. The van der Waals surface area contributed by atoms with Gasteiger partial charge >= 0.3 is 0 Å². The van der Waals surface area contributed by atoms with Gasteiger partial charge in [0.25, 0.3) is 0 Å². The maximum atomic E-state index is 12.8. The molecule has 2 nitrogen and oxygen atoms in total. The van der Waals surface area contributed by atoms with Crippen molar-refractivity contribution in [3.63, 3.8) is 0 Å². The van der Waals surface area contributed by atoms with Gasteiger partial charge in [-0.3, -0.25) is 0 Å². The highest BCUT2D eigenvalue weighted by atomic mass is 19.1. The Hall–Kier alpha value is -1.87. The Kier molecular flexibility index (Phi) is 2.99. The SMILES string of the molecule is Fc1ccc(COc2ccc3c(c2)CNC3)cc1. The zero-order valence-electron chi connectivity index (χ0n) is 9.95. The van der Waals surface area contributed by atoms with Gasteiger partial charge in [-0.15, -0.1) is 0 Å². The fourth-order valence-corrected chi connectivity index (χ4v) is 2.11. The van der Waals surface area contributed by atoms with E-state index >= 15 is 0 Å². The van der Waals surface area contributed by atoms with Gasteiger partial charge in [0.2, 0.25) is 0 Å². The fraction of sp³-hybridized carbons (Fsp3) is 0.200. The van der Waals surface area contributed by atoms with Gasteiger partial charge in [-0.2, -0.15) is 0 Å². The number of hydrogen-bond acceptors (Lipinski definition) is 2. The second-order valence-electron chi connectivity index (χ2n) is 4.45. The molecule has 0 saturated carbocycles. The molecule has 0 aromatic heterocycles. The Morgan fingerprint density at radius 2 is 1.78 bits per heavy atom. The van der Waals surface area contributed by atoms with Crippen molar-refractivity contribution >= 4 is 0 Å². The molecule has 18 heavy (non-hydrogen) atoms. The monoisotopic (exact) mass is 243 g/mol. The smallest absolute Gasteiger partial charge is 0.123 e. The largest absolute Gasteiger partial charge is 0.489 e. The van der Waals surface area contributed by atoms with E-state index in [2.05, 4.69) is 17.4 Å². The third kappa shape index (κ3) is 2.36. The lowest BCUT2D eigenvalue weighted by atomic mass is 10.1. The van der Waals surface area contributed by atoms with Crippen molar-refractivity contribution in [2.45, 2.75) is 19.7 Å². The van der Waals surface area contributed by atoms with Crippen LogP contribution >= 0.6 is 0 Å². The van der Waals surface area contributed by atoms with E-state index in [1.165, 1.54) is 23.3 Å². The van der Waals surface area contributed by atoms with Crippen LogP contribution < -0.4 is 10.1 Å². The van der Waals surface area contributed by atoms with Gasteiger partial charge in [0.15, 0.2) is 0 Å². The molecule has 1 heterocycles. The van der Waals surface area contributed by atoms with Crippen LogP contribution in [0.3, 0.4) is 0 Å². The first-order chi connectivity index (χ1) is 8.81. The summed E-state index contributed by atoms with van der Waals surface area (Å²) in [6, 6.07) is 12.5. The van der Waals surface area contributed by atoms with E-state index in [4.69, 9.17) is 4.74 Å². The minimum atomic E-state index is -0.220. The van der Waals surface area contributed by atoms with E-state index in [1.807, 2.05) is 6.07 Å². The van der Waals surface area contributed by atoms with Crippen molar-refractivity contribution in [1.29, 1.82) is 0 Å². The second-order valence-corrected chi connectivity index (χ2v) is 4.45. The highest BCUT2D eigenvalue weighted by molar-refractivity contribution is 5.37. The van der Waals surface area contributed by atoms with Crippen LogP contribution in [-0.4, -0.2) is 0 Å². The molecule has 0 spiro atoms. The molecule has 1 N–H and O–H groups in total. The first-order valence-corrected chi connectivity index (χ1v) is 6.01.